The van der Waals surface area contributed by atoms with Gasteiger partial charge in [0.2, 0.25) is 0 Å². The molecule has 142 valence electrons. The summed E-state index contributed by atoms with van der Waals surface area (Å²) in [6.45, 7) is 0. The normalized spacial score (nSPS) is 10.7. The average Bonchev–Trinajstić information content (AvgIpc) is 2.68. The van der Waals surface area contributed by atoms with Crippen molar-refractivity contribution in [3.63, 3.8) is 0 Å². The topological polar surface area (TPSA) is 74.6 Å². The van der Waals surface area contributed by atoms with Crippen LogP contribution in [0.2, 0.25) is 20.1 Å². The lowest BCUT2D eigenvalue weighted by atomic mass is 9.98. The first-order valence-corrected chi connectivity index (χ1v) is 9.25. The van der Waals surface area contributed by atoms with Gasteiger partial charge in [-0.25, -0.2) is 0 Å². The number of benzene rings is 3. The number of ketones is 2. The fourth-order valence-electron chi connectivity index (χ4n) is 2.50. The molecule has 3 rings (SSSR count). The van der Waals surface area contributed by atoms with Crippen LogP contribution in [0.25, 0.3) is 0 Å². The Hall–Kier alpha value is -2.24. The second kappa shape index (κ2) is 8.02. The predicted octanol–water partition coefficient (Wildman–Crippen LogP) is 6.17. The highest BCUT2D eigenvalue weighted by molar-refractivity contribution is 6.38. The number of aromatic hydroxyl groups is 2. The van der Waals surface area contributed by atoms with Crippen molar-refractivity contribution in [2.45, 2.75) is 0 Å². The second-order valence-corrected chi connectivity index (χ2v) is 7.44. The van der Waals surface area contributed by atoms with Crippen LogP contribution in [0.3, 0.4) is 0 Å². The highest BCUT2D eigenvalue weighted by atomic mass is 35.5. The highest BCUT2D eigenvalue weighted by Crippen LogP contribution is 2.34. The molecular formula is C20H10Cl4O4. The molecule has 0 fully saturated rings. The monoisotopic (exact) mass is 454 g/mol. The molecule has 0 spiro atoms. The van der Waals surface area contributed by atoms with Crippen LogP contribution in [0.1, 0.15) is 31.8 Å². The van der Waals surface area contributed by atoms with E-state index in [1.807, 2.05) is 0 Å². The molecule has 0 aromatic heterocycles. The summed E-state index contributed by atoms with van der Waals surface area (Å²) >= 11 is 23.4. The van der Waals surface area contributed by atoms with Gasteiger partial charge in [-0.2, -0.15) is 0 Å². The minimum Gasteiger partial charge on any atom is -0.505 e. The SMILES string of the molecule is O=C(c1ccc(C(=O)c2cc(Cl)c(O)c(Cl)c2)cc1)c1cc(Cl)c(O)c(Cl)c1. The Balaban J connectivity index is 1.89. The number of phenols is 2. The number of halogens is 4. The first-order chi connectivity index (χ1) is 13.2. The maximum Gasteiger partial charge on any atom is 0.193 e. The molecule has 0 aliphatic carbocycles. The fraction of sp³-hybridized carbons (Fsp3) is 0. The van der Waals surface area contributed by atoms with Crippen LogP contribution >= 0.6 is 46.4 Å². The third kappa shape index (κ3) is 3.96. The summed E-state index contributed by atoms with van der Waals surface area (Å²) in [7, 11) is 0. The van der Waals surface area contributed by atoms with Gasteiger partial charge in [-0.3, -0.25) is 9.59 Å². The molecule has 28 heavy (non-hydrogen) atoms. The molecule has 3 aromatic rings. The zero-order valence-electron chi connectivity index (χ0n) is 13.8. The molecule has 4 nitrogen and oxygen atoms in total. The zero-order valence-corrected chi connectivity index (χ0v) is 16.9. The van der Waals surface area contributed by atoms with Gasteiger partial charge in [0.1, 0.15) is 0 Å². The third-order valence-electron chi connectivity index (χ3n) is 3.97. The van der Waals surface area contributed by atoms with Crippen LogP contribution in [0, 0.1) is 0 Å². The summed E-state index contributed by atoms with van der Waals surface area (Å²) in [6.07, 6.45) is 0. The minimum absolute atomic E-state index is 0.0382. The lowest BCUT2D eigenvalue weighted by Gasteiger charge is -2.07. The molecule has 2 N–H and O–H groups in total. The largest absolute Gasteiger partial charge is 0.505 e. The minimum atomic E-state index is -0.376. The third-order valence-corrected chi connectivity index (χ3v) is 5.12. The standard InChI is InChI=1S/C20H10Cl4O4/c21-13-5-11(6-14(22)19(13)27)17(25)9-1-2-10(4-3-9)18(26)12-7-15(23)20(28)16(24)8-12/h1-8,27-28H. The number of hydrogen-bond acceptors (Lipinski definition) is 4. The van der Waals surface area contributed by atoms with E-state index >= 15 is 0 Å². The number of carbonyl (C=O) groups is 2. The van der Waals surface area contributed by atoms with E-state index in [4.69, 9.17) is 46.4 Å². The Morgan fingerprint density at radius 3 is 1.04 bits per heavy atom. The smallest absolute Gasteiger partial charge is 0.193 e. The fourth-order valence-corrected chi connectivity index (χ4v) is 3.47. The van der Waals surface area contributed by atoms with E-state index in [-0.39, 0.29) is 54.3 Å². The van der Waals surface area contributed by atoms with Gasteiger partial charge in [0, 0.05) is 22.3 Å². The summed E-state index contributed by atoms with van der Waals surface area (Å²) in [5.74, 6) is -1.35. The van der Waals surface area contributed by atoms with E-state index in [9.17, 15) is 19.8 Å². The molecular weight excluding hydrogens is 446 g/mol. The highest BCUT2D eigenvalue weighted by Gasteiger charge is 2.17. The summed E-state index contributed by atoms with van der Waals surface area (Å²) in [6, 6.07) is 11.2. The summed E-state index contributed by atoms with van der Waals surface area (Å²) < 4.78 is 0. The molecule has 0 radical (unpaired) electrons. The van der Waals surface area contributed by atoms with Gasteiger partial charge in [-0.05, 0) is 24.3 Å². The van der Waals surface area contributed by atoms with Gasteiger partial charge in [0.15, 0.2) is 23.1 Å². The lowest BCUT2D eigenvalue weighted by molar-refractivity contribution is 0.102. The molecule has 0 heterocycles. The van der Waals surface area contributed by atoms with Crippen LogP contribution in [0.5, 0.6) is 11.5 Å². The zero-order chi connectivity index (χ0) is 20.6. The number of carbonyl (C=O) groups excluding carboxylic acids is 2. The summed E-state index contributed by atoms with van der Waals surface area (Å²) in [4.78, 5) is 25.2. The molecule has 0 aliphatic rings. The Bertz CT molecular complexity index is 973. The molecule has 0 atom stereocenters. The molecule has 0 aliphatic heterocycles. The Kier molecular flexibility index (Phi) is 5.87. The molecule has 3 aromatic carbocycles. The summed E-state index contributed by atoms with van der Waals surface area (Å²) in [5, 5.41) is 19.0. The van der Waals surface area contributed by atoms with Crippen molar-refractivity contribution in [3.05, 3.63) is 90.9 Å². The van der Waals surface area contributed by atoms with E-state index in [0.717, 1.165) is 0 Å². The van der Waals surface area contributed by atoms with E-state index in [0.29, 0.717) is 11.1 Å². The van der Waals surface area contributed by atoms with Crippen LogP contribution < -0.4 is 0 Å². The Labute approximate surface area is 179 Å². The maximum atomic E-state index is 12.6. The lowest BCUT2D eigenvalue weighted by Crippen LogP contribution is -2.05. The van der Waals surface area contributed by atoms with Gasteiger partial charge in [-0.1, -0.05) is 70.7 Å². The average molecular weight is 456 g/mol. The Morgan fingerprint density at radius 2 is 0.786 bits per heavy atom. The van der Waals surface area contributed by atoms with E-state index in [1.54, 1.807) is 0 Å². The van der Waals surface area contributed by atoms with Crippen molar-refractivity contribution in [1.29, 1.82) is 0 Å². The second-order valence-electron chi connectivity index (χ2n) is 5.81. The summed E-state index contributed by atoms with van der Waals surface area (Å²) in [5.41, 5.74) is 1.00. The van der Waals surface area contributed by atoms with Crippen molar-refractivity contribution >= 4 is 58.0 Å². The van der Waals surface area contributed by atoms with Crippen LogP contribution in [-0.2, 0) is 0 Å². The quantitative estimate of drug-likeness (QED) is 0.461. The molecule has 0 bridgehead atoms. The maximum absolute atomic E-state index is 12.6. The molecule has 8 heteroatoms. The number of hydrogen-bond donors (Lipinski definition) is 2. The van der Waals surface area contributed by atoms with Crippen LogP contribution in [0.15, 0.2) is 48.5 Å². The van der Waals surface area contributed by atoms with E-state index < -0.39 is 0 Å². The molecule has 0 unspecified atom stereocenters. The number of phenolic OH excluding ortho intramolecular Hbond substituents is 2. The van der Waals surface area contributed by atoms with Crippen LogP contribution in [-0.4, -0.2) is 21.8 Å². The van der Waals surface area contributed by atoms with E-state index in [2.05, 4.69) is 0 Å². The van der Waals surface area contributed by atoms with Gasteiger partial charge in [-0.15, -0.1) is 0 Å². The van der Waals surface area contributed by atoms with E-state index in [1.165, 1.54) is 48.5 Å². The number of rotatable bonds is 4. The molecule has 0 saturated carbocycles. The van der Waals surface area contributed by atoms with Crippen molar-refractivity contribution in [1.82, 2.24) is 0 Å². The molecule has 0 amide bonds. The van der Waals surface area contributed by atoms with Crippen LogP contribution in [0.4, 0.5) is 0 Å². The first kappa shape index (κ1) is 20.5. The van der Waals surface area contributed by atoms with Crippen molar-refractivity contribution in [2.75, 3.05) is 0 Å². The Morgan fingerprint density at radius 1 is 0.536 bits per heavy atom. The van der Waals surface area contributed by atoms with Gasteiger partial charge >= 0.3 is 0 Å². The van der Waals surface area contributed by atoms with Crippen molar-refractivity contribution < 1.29 is 19.8 Å². The van der Waals surface area contributed by atoms with Crippen molar-refractivity contribution in [3.8, 4) is 11.5 Å². The molecule has 0 saturated heterocycles. The van der Waals surface area contributed by atoms with Gasteiger partial charge < -0.3 is 10.2 Å². The van der Waals surface area contributed by atoms with Crippen molar-refractivity contribution in [2.24, 2.45) is 0 Å². The van der Waals surface area contributed by atoms with Gasteiger partial charge in [0.25, 0.3) is 0 Å². The predicted molar refractivity (Wildman–Crippen MR) is 110 cm³/mol. The van der Waals surface area contributed by atoms with Gasteiger partial charge in [0.05, 0.1) is 20.1 Å². The first-order valence-electron chi connectivity index (χ1n) is 7.74.